The summed E-state index contributed by atoms with van der Waals surface area (Å²) in [5, 5.41) is 12.8. The second-order valence-electron chi connectivity index (χ2n) is 5.96. The summed E-state index contributed by atoms with van der Waals surface area (Å²) in [5.74, 6) is -0.826. The highest BCUT2D eigenvalue weighted by Gasteiger charge is 2.25. The Labute approximate surface area is 130 Å². The molecule has 5 heteroatoms. The minimum absolute atomic E-state index is 0.469. The lowest BCUT2D eigenvalue weighted by Gasteiger charge is -2.36. The van der Waals surface area contributed by atoms with Gasteiger partial charge in [-0.05, 0) is 19.5 Å². The lowest BCUT2D eigenvalue weighted by Crippen LogP contribution is -2.50. The zero-order valence-electron chi connectivity index (χ0n) is 13.2. The number of likely N-dealkylation sites (N-methyl/N-ethyl adjacent to an activating group) is 1. The Morgan fingerprint density at radius 2 is 1.86 bits per heavy atom. The molecule has 1 aromatic heterocycles. The third-order valence-electron chi connectivity index (χ3n) is 4.41. The van der Waals surface area contributed by atoms with E-state index in [0.29, 0.717) is 5.56 Å². The highest BCUT2D eigenvalue weighted by Crippen LogP contribution is 2.28. The van der Waals surface area contributed by atoms with Gasteiger partial charge >= 0.3 is 5.97 Å². The molecule has 1 aliphatic rings. The number of hydrogen-bond acceptors (Lipinski definition) is 3. The minimum Gasteiger partial charge on any atom is -0.478 e. The van der Waals surface area contributed by atoms with Crippen molar-refractivity contribution < 1.29 is 9.90 Å². The molecular weight excluding hydrogens is 278 g/mol. The molecule has 1 saturated heterocycles. The molecule has 0 radical (unpaired) electrons. The largest absolute Gasteiger partial charge is 0.478 e. The maximum atomic E-state index is 11.8. The first kappa shape index (κ1) is 14.9. The average Bonchev–Trinajstić information content (AvgIpc) is 2.83. The third-order valence-corrected chi connectivity index (χ3v) is 4.41. The van der Waals surface area contributed by atoms with E-state index in [1.165, 1.54) is 0 Å². The van der Waals surface area contributed by atoms with Crippen LogP contribution in [0.25, 0.3) is 10.9 Å². The van der Waals surface area contributed by atoms with Crippen molar-refractivity contribution in [2.45, 2.75) is 19.8 Å². The fraction of sp³-hybridized carbons (Fsp3) is 0.471. The molecular formula is C17H23N3O2. The Balaban J connectivity index is 2.18. The van der Waals surface area contributed by atoms with Crippen LogP contribution in [-0.4, -0.2) is 53.9 Å². The number of carboxylic acid groups (broad SMARTS) is 1. The molecule has 118 valence electrons. The number of carbonyl (C=O) groups is 1. The molecule has 0 atom stereocenters. The summed E-state index contributed by atoms with van der Waals surface area (Å²) < 4.78 is 2.16. The number of hydrogen-bond donors (Lipinski definition) is 1. The fourth-order valence-corrected chi connectivity index (χ4v) is 3.30. The van der Waals surface area contributed by atoms with Crippen molar-refractivity contribution in [2.75, 3.05) is 38.2 Å². The van der Waals surface area contributed by atoms with E-state index in [1.807, 2.05) is 24.3 Å². The number of piperazine rings is 1. The Bertz CT molecular complexity index is 685. The van der Waals surface area contributed by atoms with Crippen molar-refractivity contribution in [3.05, 3.63) is 35.5 Å². The second-order valence-corrected chi connectivity index (χ2v) is 5.96. The summed E-state index contributed by atoms with van der Waals surface area (Å²) in [6.45, 7) is 5.94. The molecule has 2 aromatic rings. The van der Waals surface area contributed by atoms with Crippen LogP contribution in [0.4, 0.5) is 0 Å². The predicted octanol–water partition coefficient (Wildman–Crippen LogP) is 2.18. The number of aromatic carboxylic acids is 1. The van der Waals surface area contributed by atoms with Gasteiger partial charge in [0.15, 0.2) is 0 Å². The number of rotatable bonds is 4. The predicted molar refractivity (Wildman–Crippen MR) is 88.3 cm³/mol. The van der Waals surface area contributed by atoms with Crippen LogP contribution in [0.5, 0.6) is 0 Å². The molecule has 1 aliphatic heterocycles. The van der Waals surface area contributed by atoms with Gasteiger partial charge in [0.2, 0.25) is 0 Å². The Morgan fingerprint density at radius 3 is 2.50 bits per heavy atom. The number of carboxylic acids is 1. The van der Waals surface area contributed by atoms with Crippen molar-refractivity contribution >= 4 is 16.9 Å². The first-order chi connectivity index (χ1) is 10.6. The molecule has 0 unspecified atom stereocenters. The van der Waals surface area contributed by atoms with E-state index in [9.17, 15) is 9.90 Å². The van der Waals surface area contributed by atoms with Crippen molar-refractivity contribution in [1.82, 2.24) is 9.58 Å². The molecule has 1 N–H and O–H groups in total. The summed E-state index contributed by atoms with van der Waals surface area (Å²) in [6, 6.07) is 7.85. The van der Waals surface area contributed by atoms with E-state index in [4.69, 9.17) is 0 Å². The monoisotopic (exact) mass is 301 g/mol. The van der Waals surface area contributed by atoms with Crippen LogP contribution < -0.4 is 5.01 Å². The first-order valence-electron chi connectivity index (χ1n) is 7.93. The number of para-hydroxylation sites is 1. The third kappa shape index (κ3) is 2.46. The average molecular weight is 301 g/mol. The maximum absolute atomic E-state index is 11.8. The first-order valence-corrected chi connectivity index (χ1v) is 7.93. The van der Waals surface area contributed by atoms with Crippen molar-refractivity contribution in [2.24, 2.45) is 0 Å². The van der Waals surface area contributed by atoms with Crippen LogP contribution >= 0.6 is 0 Å². The summed E-state index contributed by atoms with van der Waals surface area (Å²) in [4.78, 5) is 14.1. The van der Waals surface area contributed by atoms with Crippen LogP contribution in [0.3, 0.4) is 0 Å². The highest BCUT2D eigenvalue weighted by atomic mass is 16.4. The number of fused-ring (bicyclic) bond motifs is 1. The van der Waals surface area contributed by atoms with E-state index in [0.717, 1.165) is 55.6 Å². The molecule has 5 nitrogen and oxygen atoms in total. The molecule has 1 aromatic carbocycles. The van der Waals surface area contributed by atoms with Crippen molar-refractivity contribution in [1.29, 1.82) is 0 Å². The Morgan fingerprint density at radius 1 is 1.18 bits per heavy atom. The Kier molecular flexibility index (Phi) is 4.07. The SMILES string of the molecule is CCCc1c(C(=O)O)c2ccccc2n1N1CCN(C)CC1. The topological polar surface area (TPSA) is 48.7 Å². The zero-order chi connectivity index (χ0) is 15.7. The molecule has 22 heavy (non-hydrogen) atoms. The van der Waals surface area contributed by atoms with Crippen LogP contribution in [-0.2, 0) is 6.42 Å². The van der Waals surface area contributed by atoms with Gasteiger partial charge in [0.1, 0.15) is 0 Å². The Hall–Kier alpha value is -2.01. The lowest BCUT2D eigenvalue weighted by molar-refractivity contribution is 0.0697. The van der Waals surface area contributed by atoms with E-state index in [1.54, 1.807) is 0 Å². The highest BCUT2D eigenvalue weighted by molar-refractivity contribution is 6.05. The lowest BCUT2D eigenvalue weighted by atomic mass is 10.1. The summed E-state index contributed by atoms with van der Waals surface area (Å²) in [6.07, 6.45) is 1.72. The van der Waals surface area contributed by atoms with Crippen LogP contribution in [0.2, 0.25) is 0 Å². The van der Waals surface area contributed by atoms with Gasteiger partial charge in [-0.1, -0.05) is 31.5 Å². The minimum atomic E-state index is -0.826. The van der Waals surface area contributed by atoms with Gasteiger partial charge in [0, 0.05) is 31.6 Å². The maximum Gasteiger partial charge on any atom is 0.338 e. The summed E-state index contributed by atoms with van der Waals surface area (Å²) in [7, 11) is 2.13. The number of nitrogens with zero attached hydrogens (tertiary/aromatic N) is 3. The molecule has 0 aliphatic carbocycles. The van der Waals surface area contributed by atoms with E-state index >= 15 is 0 Å². The van der Waals surface area contributed by atoms with Crippen LogP contribution in [0.1, 0.15) is 29.4 Å². The summed E-state index contributed by atoms with van der Waals surface area (Å²) in [5.41, 5.74) is 2.41. The molecule has 0 saturated carbocycles. The molecule has 0 amide bonds. The van der Waals surface area contributed by atoms with Crippen LogP contribution in [0.15, 0.2) is 24.3 Å². The normalized spacial score (nSPS) is 16.4. The summed E-state index contributed by atoms with van der Waals surface area (Å²) >= 11 is 0. The van der Waals surface area contributed by atoms with Gasteiger partial charge in [0.05, 0.1) is 16.8 Å². The van der Waals surface area contributed by atoms with Gasteiger partial charge in [-0.2, -0.15) is 0 Å². The van der Waals surface area contributed by atoms with E-state index in [-0.39, 0.29) is 0 Å². The quantitative estimate of drug-likeness (QED) is 0.940. The second kappa shape index (κ2) is 6.01. The van der Waals surface area contributed by atoms with E-state index < -0.39 is 5.97 Å². The van der Waals surface area contributed by atoms with Gasteiger partial charge in [-0.15, -0.1) is 0 Å². The van der Waals surface area contributed by atoms with E-state index in [2.05, 4.69) is 28.6 Å². The van der Waals surface area contributed by atoms with Crippen LogP contribution in [0, 0.1) is 0 Å². The zero-order valence-corrected chi connectivity index (χ0v) is 13.2. The smallest absolute Gasteiger partial charge is 0.338 e. The molecule has 1 fully saturated rings. The number of aromatic nitrogens is 1. The standard InChI is InChI=1S/C17H23N3O2/c1-3-6-15-16(17(21)22)13-7-4-5-8-14(13)20(15)19-11-9-18(2)10-12-19/h4-5,7-8H,3,6,9-12H2,1-2H3,(H,21,22). The van der Waals surface area contributed by atoms with Gasteiger partial charge in [0.25, 0.3) is 0 Å². The van der Waals surface area contributed by atoms with Crippen molar-refractivity contribution in [3.8, 4) is 0 Å². The molecule has 0 spiro atoms. The van der Waals surface area contributed by atoms with Gasteiger partial charge in [-0.25, -0.2) is 4.79 Å². The molecule has 2 heterocycles. The van der Waals surface area contributed by atoms with Gasteiger partial charge < -0.3 is 15.0 Å². The van der Waals surface area contributed by atoms with Gasteiger partial charge in [-0.3, -0.25) is 4.68 Å². The molecule has 0 bridgehead atoms. The fourth-order valence-electron chi connectivity index (χ4n) is 3.30. The molecule has 3 rings (SSSR count). The number of benzene rings is 1. The van der Waals surface area contributed by atoms with Crippen molar-refractivity contribution in [3.63, 3.8) is 0 Å².